The molecule has 2 aromatic rings. The van der Waals surface area contributed by atoms with Crippen LogP contribution in [0, 0.1) is 0 Å². The number of nitrogens with zero attached hydrogens (tertiary/aromatic N) is 3. The summed E-state index contributed by atoms with van der Waals surface area (Å²) in [5.41, 5.74) is 1.97. The first-order chi connectivity index (χ1) is 13.2. The fraction of sp³-hybridized carbons (Fsp3) is 0.474. The van der Waals surface area contributed by atoms with Gasteiger partial charge in [-0.05, 0) is 37.8 Å². The van der Waals surface area contributed by atoms with E-state index in [0.717, 1.165) is 37.1 Å². The molecule has 2 N–H and O–H groups in total. The molecule has 2 amide bonds. The minimum atomic E-state index is -0.290. The second-order valence-corrected chi connectivity index (χ2v) is 6.45. The molecule has 0 fully saturated rings. The molecule has 0 aliphatic carbocycles. The van der Waals surface area contributed by atoms with Crippen molar-refractivity contribution in [3.8, 4) is 0 Å². The zero-order valence-electron chi connectivity index (χ0n) is 15.5. The fourth-order valence-electron chi connectivity index (χ4n) is 3.15. The Labute approximate surface area is 158 Å². The first kappa shape index (κ1) is 19.0. The maximum Gasteiger partial charge on any atom is 0.287 e. The lowest BCUT2D eigenvalue weighted by Crippen LogP contribution is -2.27. The van der Waals surface area contributed by atoms with Crippen molar-refractivity contribution in [1.82, 2.24) is 25.2 Å². The molecule has 0 radical (unpaired) electrons. The SMILES string of the molecule is COCCCNC(=O)c1nc(C(=O)NCc2ccccn2)n2c1CCCC2. The predicted octanol–water partition coefficient (Wildman–Crippen LogP) is 1.31. The highest BCUT2D eigenvalue weighted by Crippen LogP contribution is 2.21. The molecule has 27 heavy (non-hydrogen) atoms. The van der Waals surface area contributed by atoms with E-state index in [0.29, 0.717) is 37.8 Å². The lowest BCUT2D eigenvalue weighted by molar-refractivity contribution is 0.0934. The van der Waals surface area contributed by atoms with Gasteiger partial charge in [0.25, 0.3) is 11.8 Å². The number of hydrogen-bond donors (Lipinski definition) is 2. The Hall–Kier alpha value is -2.74. The molecule has 2 aromatic heterocycles. The number of ether oxygens (including phenoxy) is 1. The summed E-state index contributed by atoms with van der Waals surface area (Å²) in [6.45, 7) is 2.12. The van der Waals surface area contributed by atoms with Gasteiger partial charge in [0.2, 0.25) is 0 Å². The topological polar surface area (TPSA) is 98.1 Å². The number of aromatic nitrogens is 3. The number of rotatable bonds is 8. The first-order valence-corrected chi connectivity index (χ1v) is 9.25. The van der Waals surface area contributed by atoms with Crippen molar-refractivity contribution in [2.75, 3.05) is 20.3 Å². The summed E-state index contributed by atoms with van der Waals surface area (Å²) >= 11 is 0. The van der Waals surface area contributed by atoms with Crippen LogP contribution in [0.5, 0.6) is 0 Å². The Morgan fingerprint density at radius 1 is 1.22 bits per heavy atom. The number of pyridine rings is 1. The Kier molecular flexibility index (Phi) is 6.54. The van der Waals surface area contributed by atoms with Gasteiger partial charge in [-0.3, -0.25) is 14.6 Å². The van der Waals surface area contributed by atoms with Crippen molar-refractivity contribution in [2.45, 2.75) is 38.8 Å². The lowest BCUT2D eigenvalue weighted by Gasteiger charge is -2.17. The van der Waals surface area contributed by atoms with Gasteiger partial charge >= 0.3 is 0 Å². The Balaban J connectivity index is 1.72. The number of methoxy groups -OCH3 is 1. The Bertz CT molecular complexity index is 788. The second kappa shape index (κ2) is 9.27. The van der Waals surface area contributed by atoms with E-state index in [4.69, 9.17) is 4.74 Å². The number of nitrogens with one attached hydrogen (secondary N) is 2. The fourth-order valence-corrected chi connectivity index (χ4v) is 3.15. The monoisotopic (exact) mass is 371 g/mol. The van der Waals surface area contributed by atoms with Crippen LogP contribution in [0.2, 0.25) is 0 Å². The summed E-state index contributed by atoms with van der Waals surface area (Å²) in [6.07, 6.45) is 5.13. The van der Waals surface area contributed by atoms with Crippen LogP contribution in [0.4, 0.5) is 0 Å². The number of carbonyl (C=O) groups excluding carboxylic acids is 2. The van der Waals surface area contributed by atoms with Crippen molar-refractivity contribution >= 4 is 11.8 Å². The van der Waals surface area contributed by atoms with Gasteiger partial charge in [-0.2, -0.15) is 0 Å². The average Bonchev–Trinajstić information content (AvgIpc) is 3.10. The van der Waals surface area contributed by atoms with Crippen molar-refractivity contribution < 1.29 is 14.3 Å². The molecule has 3 heterocycles. The minimum absolute atomic E-state index is 0.236. The third-order valence-electron chi connectivity index (χ3n) is 4.50. The minimum Gasteiger partial charge on any atom is -0.385 e. The van der Waals surface area contributed by atoms with E-state index in [-0.39, 0.29) is 11.8 Å². The highest BCUT2D eigenvalue weighted by Gasteiger charge is 2.27. The van der Waals surface area contributed by atoms with Crippen molar-refractivity contribution in [3.63, 3.8) is 0 Å². The molecular weight excluding hydrogens is 346 g/mol. The zero-order chi connectivity index (χ0) is 19.1. The molecule has 0 saturated carbocycles. The van der Waals surface area contributed by atoms with E-state index >= 15 is 0 Å². The van der Waals surface area contributed by atoms with Crippen LogP contribution in [0.25, 0.3) is 0 Å². The third-order valence-corrected chi connectivity index (χ3v) is 4.50. The van der Waals surface area contributed by atoms with Crippen LogP contribution in [0.3, 0.4) is 0 Å². The summed E-state index contributed by atoms with van der Waals surface area (Å²) in [6, 6.07) is 5.55. The van der Waals surface area contributed by atoms with Crippen molar-refractivity contribution in [1.29, 1.82) is 0 Å². The lowest BCUT2D eigenvalue weighted by atomic mass is 10.1. The van der Waals surface area contributed by atoms with Crippen LogP contribution in [-0.2, 0) is 24.2 Å². The van der Waals surface area contributed by atoms with Gasteiger partial charge in [-0.25, -0.2) is 4.98 Å². The number of hydrogen-bond acceptors (Lipinski definition) is 5. The molecule has 0 bridgehead atoms. The van der Waals surface area contributed by atoms with Gasteiger partial charge in [0.15, 0.2) is 5.82 Å². The van der Waals surface area contributed by atoms with Crippen molar-refractivity contribution in [2.24, 2.45) is 0 Å². The normalized spacial score (nSPS) is 13.1. The average molecular weight is 371 g/mol. The molecular formula is C19H25N5O3. The molecule has 1 aliphatic rings. The quantitative estimate of drug-likeness (QED) is 0.682. The van der Waals surface area contributed by atoms with E-state index in [1.807, 2.05) is 22.8 Å². The second-order valence-electron chi connectivity index (χ2n) is 6.45. The van der Waals surface area contributed by atoms with Crippen LogP contribution < -0.4 is 10.6 Å². The molecule has 0 aromatic carbocycles. The Morgan fingerprint density at radius 3 is 2.89 bits per heavy atom. The molecule has 0 spiro atoms. The van der Waals surface area contributed by atoms with E-state index in [2.05, 4.69) is 20.6 Å². The molecule has 3 rings (SSSR count). The molecule has 144 valence electrons. The molecule has 1 aliphatic heterocycles. The van der Waals surface area contributed by atoms with E-state index < -0.39 is 0 Å². The number of fused-ring (bicyclic) bond motifs is 1. The van der Waals surface area contributed by atoms with E-state index in [1.54, 1.807) is 13.3 Å². The molecule has 8 heteroatoms. The van der Waals surface area contributed by atoms with Gasteiger partial charge in [0.05, 0.1) is 17.9 Å². The van der Waals surface area contributed by atoms with Gasteiger partial charge in [0.1, 0.15) is 5.69 Å². The third kappa shape index (κ3) is 4.71. The molecule has 8 nitrogen and oxygen atoms in total. The van der Waals surface area contributed by atoms with E-state index in [9.17, 15) is 9.59 Å². The zero-order valence-corrected chi connectivity index (χ0v) is 15.5. The maximum absolute atomic E-state index is 12.7. The predicted molar refractivity (Wildman–Crippen MR) is 99.4 cm³/mol. The largest absolute Gasteiger partial charge is 0.385 e. The van der Waals surface area contributed by atoms with Gasteiger partial charge in [0, 0.05) is 33.0 Å². The molecule has 0 unspecified atom stereocenters. The number of carbonyl (C=O) groups is 2. The molecule has 0 atom stereocenters. The summed E-state index contributed by atoms with van der Waals surface area (Å²) < 4.78 is 6.87. The standard InChI is InChI=1S/C19H25N5O3/c1-27-12-6-10-21-18(25)16-15-8-3-5-11-24(15)17(23-16)19(26)22-13-14-7-2-4-9-20-14/h2,4,7,9H,3,5-6,8,10-13H2,1H3,(H,21,25)(H,22,26). The van der Waals surface area contributed by atoms with Crippen LogP contribution in [-0.4, -0.2) is 46.6 Å². The summed E-state index contributed by atoms with van der Waals surface area (Å²) in [5, 5.41) is 5.70. The molecule has 0 saturated heterocycles. The van der Waals surface area contributed by atoms with Crippen LogP contribution in [0.1, 0.15) is 51.8 Å². The van der Waals surface area contributed by atoms with Crippen LogP contribution in [0.15, 0.2) is 24.4 Å². The van der Waals surface area contributed by atoms with Gasteiger partial charge < -0.3 is 19.9 Å². The maximum atomic E-state index is 12.7. The number of amides is 2. The first-order valence-electron chi connectivity index (χ1n) is 9.25. The summed E-state index contributed by atoms with van der Waals surface area (Å²) in [4.78, 5) is 33.8. The summed E-state index contributed by atoms with van der Waals surface area (Å²) in [5.74, 6) is -0.231. The highest BCUT2D eigenvalue weighted by molar-refractivity contribution is 5.97. The Morgan fingerprint density at radius 2 is 2.11 bits per heavy atom. The number of imidazole rings is 1. The smallest absolute Gasteiger partial charge is 0.287 e. The highest BCUT2D eigenvalue weighted by atomic mass is 16.5. The van der Waals surface area contributed by atoms with Gasteiger partial charge in [-0.15, -0.1) is 0 Å². The van der Waals surface area contributed by atoms with E-state index in [1.165, 1.54) is 0 Å². The summed E-state index contributed by atoms with van der Waals surface area (Å²) in [7, 11) is 1.63. The van der Waals surface area contributed by atoms with Crippen LogP contribution >= 0.6 is 0 Å². The van der Waals surface area contributed by atoms with Crippen molar-refractivity contribution in [3.05, 3.63) is 47.3 Å². The van der Waals surface area contributed by atoms with Gasteiger partial charge in [-0.1, -0.05) is 6.07 Å².